The van der Waals surface area contributed by atoms with Crippen molar-refractivity contribution in [3.63, 3.8) is 0 Å². The molecule has 0 aromatic heterocycles. The van der Waals surface area contributed by atoms with E-state index in [2.05, 4.69) is 6.92 Å². The van der Waals surface area contributed by atoms with Crippen molar-refractivity contribution < 1.29 is 8.42 Å². The standard InChI is InChI=1S/C11H17N3O2S/c1-8-4-5-14(7-8)10-3-2-9(12)6-11(10)17(13,15)16/h2-3,6,8H,4-5,7,12H2,1H3,(H2,13,15,16). The van der Waals surface area contributed by atoms with Gasteiger partial charge in [0.1, 0.15) is 4.90 Å². The molecule has 1 aromatic carbocycles. The fourth-order valence-corrected chi connectivity index (χ4v) is 2.96. The molecule has 1 fully saturated rings. The van der Waals surface area contributed by atoms with Crippen molar-refractivity contribution in [2.45, 2.75) is 18.2 Å². The zero-order chi connectivity index (χ0) is 12.6. The molecule has 4 N–H and O–H groups in total. The largest absolute Gasteiger partial charge is 0.399 e. The molecule has 1 aliphatic rings. The van der Waals surface area contributed by atoms with Crippen molar-refractivity contribution in [3.05, 3.63) is 18.2 Å². The van der Waals surface area contributed by atoms with Gasteiger partial charge in [0.05, 0.1) is 5.69 Å². The molecule has 94 valence electrons. The highest BCUT2D eigenvalue weighted by atomic mass is 32.2. The Bertz CT molecular complexity index is 528. The van der Waals surface area contributed by atoms with Crippen LogP contribution in [0, 0.1) is 5.92 Å². The van der Waals surface area contributed by atoms with Gasteiger partial charge in [-0.3, -0.25) is 0 Å². The smallest absolute Gasteiger partial charge is 0.240 e. The van der Waals surface area contributed by atoms with Crippen LogP contribution < -0.4 is 15.8 Å². The molecule has 17 heavy (non-hydrogen) atoms. The van der Waals surface area contributed by atoms with Crippen LogP contribution in [0.15, 0.2) is 23.1 Å². The summed E-state index contributed by atoms with van der Waals surface area (Å²) in [4.78, 5) is 2.16. The molecule has 1 saturated heterocycles. The van der Waals surface area contributed by atoms with Crippen LogP contribution in [0.4, 0.5) is 11.4 Å². The molecular formula is C11H17N3O2S. The summed E-state index contributed by atoms with van der Waals surface area (Å²) in [6.45, 7) is 3.86. The number of sulfonamides is 1. The van der Waals surface area contributed by atoms with Crippen molar-refractivity contribution in [2.75, 3.05) is 23.7 Å². The number of hydrogen-bond acceptors (Lipinski definition) is 4. The Balaban J connectivity index is 2.47. The third-order valence-electron chi connectivity index (χ3n) is 3.05. The molecule has 1 heterocycles. The Morgan fingerprint density at radius 2 is 2.12 bits per heavy atom. The van der Waals surface area contributed by atoms with Gasteiger partial charge in [0.15, 0.2) is 0 Å². The monoisotopic (exact) mass is 255 g/mol. The lowest BCUT2D eigenvalue weighted by atomic mass is 10.2. The highest BCUT2D eigenvalue weighted by molar-refractivity contribution is 7.89. The molecule has 6 heteroatoms. The Morgan fingerprint density at radius 1 is 1.41 bits per heavy atom. The van der Waals surface area contributed by atoms with E-state index < -0.39 is 10.0 Å². The Hall–Kier alpha value is -1.27. The average molecular weight is 255 g/mol. The van der Waals surface area contributed by atoms with Crippen molar-refractivity contribution in [2.24, 2.45) is 11.1 Å². The number of rotatable bonds is 2. The first kappa shape index (κ1) is 12.2. The number of nitrogens with zero attached hydrogens (tertiary/aromatic N) is 1. The van der Waals surface area contributed by atoms with Gasteiger partial charge in [0.2, 0.25) is 10.0 Å². The van der Waals surface area contributed by atoms with Crippen LogP contribution in [0.1, 0.15) is 13.3 Å². The normalized spacial score (nSPS) is 20.8. The van der Waals surface area contributed by atoms with Gasteiger partial charge in [-0.2, -0.15) is 0 Å². The van der Waals surface area contributed by atoms with Gasteiger partial charge in [-0.1, -0.05) is 6.92 Å². The minimum Gasteiger partial charge on any atom is -0.399 e. The van der Waals surface area contributed by atoms with Gasteiger partial charge in [-0.05, 0) is 30.5 Å². The number of nitrogens with two attached hydrogens (primary N) is 2. The second kappa shape index (κ2) is 4.19. The average Bonchev–Trinajstić information content (AvgIpc) is 2.63. The lowest BCUT2D eigenvalue weighted by molar-refractivity contribution is 0.597. The fraction of sp³-hybridized carbons (Fsp3) is 0.455. The molecule has 1 unspecified atom stereocenters. The second-order valence-electron chi connectivity index (χ2n) is 4.61. The van der Waals surface area contributed by atoms with Gasteiger partial charge in [-0.15, -0.1) is 0 Å². The molecule has 1 aromatic rings. The molecule has 0 bridgehead atoms. The first-order valence-electron chi connectivity index (χ1n) is 5.55. The maximum atomic E-state index is 11.5. The van der Waals surface area contributed by atoms with E-state index in [0.29, 0.717) is 17.3 Å². The molecule has 0 saturated carbocycles. The Labute approximate surface area is 101 Å². The van der Waals surface area contributed by atoms with Crippen molar-refractivity contribution in [1.82, 2.24) is 0 Å². The summed E-state index contributed by atoms with van der Waals surface area (Å²) in [5, 5.41) is 5.22. The van der Waals surface area contributed by atoms with Crippen molar-refractivity contribution in [1.29, 1.82) is 0 Å². The highest BCUT2D eigenvalue weighted by Gasteiger charge is 2.24. The zero-order valence-electron chi connectivity index (χ0n) is 9.76. The summed E-state index contributed by atoms with van der Waals surface area (Å²) in [5.41, 5.74) is 6.68. The van der Waals surface area contributed by atoms with Crippen LogP contribution in [-0.2, 0) is 10.0 Å². The summed E-state index contributed by atoms with van der Waals surface area (Å²) in [5.74, 6) is 0.570. The molecule has 0 aliphatic carbocycles. The van der Waals surface area contributed by atoms with Crippen LogP contribution in [0.2, 0.25) is 0 Å². The van der Waals surface area contributed by atoms with Crippen LogP contribution >= 0.6 is 0 Å². The third-order valence-corrected chi connectivity index (χ3v) is 3.99. The van der Waals surface area contributed by atoms with Gasteiger partial charge >= 0.3 is 0 Å². The number of nitrogen functional groups attached to an aromatic ring is 1. The van der Waals surface area contributed by atoms with E-state index in [1.165, 1.54) is 6.07 Å². The summed E-state index contributed by atoms with van der Waals surface area (Å²) in [7, 11) is -3.73. The topological polar surface area (TPSA) is 89.4 Å². The SMILES string of the molecule is CC1CCN(c2ccc(N)cc2S(N)(=O)=O)C1. The summed E-state index contributed by atoms with van der Waals surface area (Å²) < 4.78 is 23.1. The number of hydrogen-bond donors (Lipinski definition) is 2. The summed E-state index contributed by atoms with van der Waals surface area (Å²) in [6.07, 6.45) is 1.06. The third kappa shape index (κ3) is 2.53. The minimum atomic E-state index is -3.73. The molecule has 1 aliphatic heterocycles. The lowest BCUT2D eigenvalue weighted by Gasteiger charge is -2.21. The first-order valence-corrected chi connectivity index (χ1v) is 7.10. The summed E-state index contributed by atoms with van der Waals surface area (Å²) >= 11 is 0. The van der Waals surface area contributed by atoms with Crippen LogP contribution in [-0.4, -0.2) is 21.5 Å². The van der Waals surface area contributed by atoms with Gasteiger partial charge < -0.3 is 10.6 Å². The van der Waals surface area contributed by atoms with E-state index in [4.69, 9.17) is 10.9 Å². The van der Waals surface area contributed by atoms with Crippen LogP contribution in [0.3, 0.4) is 0 Å². The molecular weight excluding hydrogens is 238 g/mol. The molecule has 2 rings (SSSR count). The zero-order valence-corrected chi connectivity index (χ0v) is 10.6. The Morgan fingerprint density at radius 3 is 2.65 bits per heavy atom. The molecule has 0 spiro atoms. The van der Waals surface area contributed by atoms with E-state index in [-0.39, 0.29) is 4.90 Å². The fourth-order valence-electron chi connectivity index (χ4n) is 2.17. The molecule has 1 atom stereocenters. The molecule has 0 amide bonds. The highest BCUT2D eigenvalue weighted by Crippen LogP contribution is 2.30. The quantitative estimate of drug-likeness (QED) is 0.764. The number of anilines is 2. The summed E-state index contributed by atoms with van der Waals surface area (Å²) in [6, 6.07) is 4.85. The predicted molar refractivity (Wildman–Crippen MR) is 68.2 cm³/mol. The van der Waals surface area contributed by atoms with Gasteiger partial charge in [-0.25, -0.2) is 13.6 Å². The minimum absolute atomic E-state index is 0.117. The first-order chi connectivity index (χ1) is 7.88. The maximum Gasteiger partial charge on any atom is 0.240 e. The lowest BCUT2D eigenvalue weighted by Crippen LogP contribution is -2.23. The molecule has 5 nitrogen and oxygen atoms in total. The van der Waals surface area contributed by atoms with Crippen LogP contribution in [0.5, 0.6) is 0 Å². The number of benzene rings is 1. The second-order valence-corrected chi connectivity index (χ2v) is 6.14. The van der Waals surface area contributed by atoms with Gasteiger partial charge in [0.25, 0.3) is 0 Å². The predicted octanol–water partition coefficient (Wildman–Crippen LogP) is 0.762. The van der Waals surface area contributed by atoms with E-state index in [0.717, 1.165) is 19.5 Å². The van der Waals surface area contributed by atoms with E-state index >= 15 is 0 Å². The van der Waals surface area contributed by atoms with Gasteiger partial charge in [0, 0.05) is 18.8 Å². The van der Waals surface area contributed by atoms with Crippen molar-refractivity contribution >= 4 is 21.4 Å². The van der Waals surface area contributed by atoms with Crippen molar-refractivity contribution in [3.8, 4) is 0 Å². The molecule has 0 radical (unpaired) electrons. The van der Waals surface area contributed by atoms with E-state index in [1.54, 1.807) is 12.1 Å². The number of primary sulfonamides is 1. The van der Waals surface area contributed by atoms with Crippen LogP contribution in [0.25, 0.3) is 0 Å². The van der Waals surface area contributed by atoms with E-state index in [1.807, 2.05) is 4.90 Å². The van der Waals surface area contributed by atoms with E-state index in [9.17, 15) is 8.42 Å². The maximum absolute atomic E-state index is 11.5. The Kier molecular flexibility index (Phi) is 3.01.